The maximum atomic E-state index is 9.55. The van der Waals surface area contributed by atoms with Gasteiger partial charge in [-0.15, -0.1) is 0 Å². The van der Waals surface area contributed by atoms with Crippen molar-refractivity contribution in [2.75, 3.05) is 6.61 Å². The molecule has 1 aromatic rings. The van der Waals surface area contributed by atoms with Crippen molar-refractivity contribution in [2.45, 2.75) is 57.5 Å². The van der Waals surface area contributed by atoms with Crippen LogP contribution in [-0.4, -0.2) is 23.8 Å². The minimum Gasteiger partial charge on any atom is -0.395 e. The molecule has 0 spiro atoms. The summed E-state index contributed by atoms with van der Waals surface area (Å²) in [7, 11) is 0. The van der Waals surface area contributed by atoms with Gasteiger partial charge in [-0.1, -0.05) is 43.7 Å². The van der Waals surface area contributed by atoms with Crippen LogP contribution in [0.4, 0.5) is 0 Å². The molecule has 0 saturated heterocycles. The van der Waals surface area contributed by atoms with Crippen LogP contribution in [-0.2, 0) is 6.42 Å². The van der Waals surface area contributed by atoms with Crippen molar-refractivity contribution < 1.29 is 5.11 Å². The number of aliphatic hydroxyl groups excluding tert-OH is 1. The Morgan fingerprint density at radius 1 is 1.16 bits per heavy atom. The number of nitrogens with one attached hydrogen (secondary N) is 1. The van der Waals surface area contributed by atoms with Gasteiger partial charge < -0.3 is 10.4 Å². The molecule has 1 aromatic carbocycles. The monoisotopic (exact) mass is 261 g/mol. The molecule has 0 bridgehead atoms. The molecule has 0 heterocycles. The maximum absolute atomic E-state index is 9.55. The van der Waals surface area contributed by atoms with Crippen LogP contribution in [0.1, 0.15) is 44.6 Å². The first-order chi connectivity index (χ1) is 9.31. The van der Waals surface area contributed by atoms with Crippen LogP contribution in [0.25, 0.3) is 0 Å². The fourth-order valence-electron chi connectivity index (χ4n) is 3.15. The van der Waals surface area contributed by atoms with Gasteiger partial charge in [0.2, 0.25) is 0 Å². The van der Waals surface area contributed by atoms with E-state index in [1.807, 2.05) is 6.07 Å². The molecule has 19 heavy (non-hydrogen) atoms. The lowest BCUT2D eigenvalue weighted by atomic mass is 9.84. The number of hydrogen-bond donors (Lipinski definition) is 2. The van der Waals surface area contributed by atoms with E-state index in [9.17, 15) is 5.11 Å². The van der Waals surface area contributed by atoms with E-state index < -0.39 is 0 Å². The second-order valence-corrected chi connectivity index (χ2v) is 5.86. The fraction of sp³-hybridized carbons (Fsp3) is 0.647. The minimum absolute atomic E-state index is 0.200. The Morgan fingerprint density at radius 3 is 2.42 bits per heavy atom. The maximum Gasteiger partial charge on any atom is 0.0587 e. The predicted octanol–water partition coefficient (Wildman–Crippen LogP) is 3.15. The predicted molar refractivity (Wildman–Crippen MR) is 80.2 cm³/mol. The highest BCUT2D eigenvalue weighted by molar-refractivity contribution is 5.16. The molecule has 1 aliphatic rings. The highest BCUT2D eigenvalue weighted by Gasteiger charge is 2.22. The van der Waals surface area contributed by atoms with Gasteiger partial charge in [-0.2, -0.15) is 0 Å². The molecule has 1 fully saturated rings. The van der Waals surface area contributed by atoms with E-state index in [2.05, 4.69) is 36.5 Å². The molecule has 1 unspecified atom stereocenters. The second kappa shape index (κ2) is 7.66. The van der Waals surface area contributed by atoms with Gasteiger partial charge in [0.15, 0.2) is 0 Å². The SMILES string of the molecule is CCC1CCC(NC(CO)Cc2ccccc2)CC1. The summed E-state index contributed by atoms with van der Waals surface area (Å²) in [6.07, 6.45) is 7.47. The molecule has 1 saturated carbocycles. The quantitative estimate of drug-likeness (QED) is 0.824. The topological polar surface area (TPSA) is 32.3 Å². The molecular formula is C17H27NO. The second-order valence-electron chi connectivity index (χ2n) is 5.86. The summed E-state index contributed by atoms with van der Waals surface area (Å²) in [5.41, 5.74) is 1.30. The summed E-state index contributed by atoms with van der Waals surface area (Å²) in [6.45, 7) is 2.52. The molecule has 2 heteroatoms. The number of aliphatic hydroxyl groups is 1. The highest BCUT2D eigenvalue weighted by atomic mass is 16.3. The number of benzene rings is 1. The third-order valence-corrected chi connectivity index (χ3v) is 4.44. The van der Waals surface area contributed by atoms with Gasteiger partial charge in [0.05, 0.1) is 6.61 Å². The third-order valence-electron chi connectivity index (χ3n) is 4.44. The minimum atomic E-state index is 0.200. The van der Waals surface area contributed by atoms with Crippen molar-refractivity contribution in [3.05, 3.63) is 35.9 Å². The summed E-state index contributed by atoms with van der Waals surface area (Å²) >= 11 is 0. The van der Waals surface area contributed by atoms with Crippen LogP contribution in [0.3, 0.4) is 0 Å². The van der Waals surface area contributed by atoms with Crippen molar-refractivity contribution in [1.82, 2.24) is 5.32 Å². The zero-order valence-corrected chi connectivity index (χ0v) is 12.0. The van der Waals surface area contributed by atoms with Crippen LogP contribution < -0.4 is 5.32 Å². The van der Waals surface area contributed by atoms with Gasteiger partial charge in [0, 0.05) is 12.1 Å². The lowest BCUT2D eigenvalue weighted by Gasteiger charge is -2.31. The van der Waals surface area contributed by atoms with Crippen LogP contribution in [0, 0.1) is 5.92 Å². The molecule has 0 amide bonds. The van der Waals surface area contributed by atoms with Crippen molar-refractivity contribution in [1.29, 1.82) is 0 Å². The average molecular weight is 261 g/mol. The summed E-state index contributed by atoms with van der Waals surface area (Å²) in [4.78, 5) is 0. The van der Waals surface area contributed by atoms with E-state index in [1.165, 1.54) is 37.7 Å². The van der Waals surface area contributed by atoms with Crippen molar-refractivity contribution in [2.24, 2.45) is 5.92 Å². The zero-order chi connectivity index (χ0) is 13.5. The van der Waals surface area contributed by atoms with E-state index in [0.29, 0.717) is 6.04 Å². The van der Waals surface area contributed by atoms with E-state index in [1.54, 1.807) is 0 Å². The van der Waals surface area contributed by atoms with Gasteiger partial charge in [0.25, 0.3) is 0 Å². The van der Waals surface area contributed by atoms with Crippen molar-refractivity contribution in [3.8, 4) is 0 Å². The normalized spacial score (nSPS) is 25.2. The molecule has 2 rings (SSSR count). The first-order valence-corrected chi connectivity index (χ1v) is 7.72. The fourth-order valence-corrected chi connectivity index (χ4v) is 3.15. The van der Waals surface area contributed by atoms with E-state index >= 15 is 0 Å². The summed E-state index contributed by atoms with van der Waals surface area (Å²) in [5, 5.41) is 13.2. The Kier molecular flexibility index (Phi) is 5.87. The highest BCUT2D eigenvalue weighted by Crippen LogP contribution is 2.26. The van der Waals surface area contributed by atoms with Gasteiger partial charge in [-0.25, -0.2) is 0 Å². The van der Waals surface area contributed by atoms with Gasteiger partial charge in [-0.05, 0) is 43.6 Å². The lowest BCUT2D eigenvalue weighted by molar-refractivity contribution is 0.205. The smallest absolute Gasteiger partial charge is 0.0587 e. The summed E-state index contributed by atoms with van der Waals surface area (Å²) in [5.74, 6) is 0.930. The molecule has 2 N–H and O–H groups in total. The molecule has 1 atom stereocenters. The van der Waals surface area contributed by atoms with Crippen LogP contribution in [0.2, 0.25) is 0 Å². The Bertz CT molecular complexity index is 344. The zero-order valence-electron chi connectivity index (χ0n) is 12.0. The van der Waals surface area contributed by atoms with Crippen LogP contribution >= 0.6 is 0 Å². The molecule has 2 nitrogen and oxygen atoms in total. The first kappa shape index (κ1) is 14.5. The third kappa shape index (κ3) is 4.63. The Hall–Kier alpha value is -0.860. The van der Waals surface area contributed by atoms with Crippen LogP contribution in [0.5, 0.6) is 0 Å². The molecule has 0 radical (unpaired) electrons. The van der Waals surface area contributed by atoms with Crippen molar-refractivity contribution in [3.63, 3.8) is 0 Å². The standard InChI is InChI=1S/C17H27NO/c1-2-14-8-10-16(11-9-14)18-17(13-19)12-15-6-4-3-5-7-15/h3-7,14,16-19H,2,8-13H2,1H3. The molecule has 0 aromatic heterocycles. The molecular weight excluding hydrogens is 234 g/mol. The Labute approximate surface area is 117 Å². The van der Waals surface area contributed by atoms with Gasteiger partial charge in [-0.3, -0.25) is 0 Å². The Morgan fingerprint density at radius 2 is 1.84 bits per heavy atom. The van der Waals surface area contributed by atoms with E-state index in [0.717, 1.165) is 12.3 Å². The Balaban J connectivity index is 1.79. The molecule has 106 valence electrons. The lowest BCUT2D eigenvalue weighted by Crippen LogP contribution is -2.43. The van der Waals surface area contributed by atoms with Crippen LogP contribution in [0.15, 0.2) is 30.3 Å². The largest absolute Gasteiger partial charge is 0.395 e. The molecule has 1 aliphatic carbocycles. The molecule has 0 aliphatic heterocycles. The number of hydrogen-bond acceptors (Lipinski definition) is 2. The first-order valence-electron chi connectivity index (χ1n) is 7.72. The van der Waals surface area contributed by atoms with E-state index in [4.69, 9.17) is 0 Å². The van der Waals surface area contributed by atoms with Gasteiger partial charge in [0.1, 0.15) is 0 Å². The van der Waals surface area contributed by atoms with Crippen molar-refractivity contribution >= 4 is 0 Å². The summed E-state index contributed by atoms with van der Waals surface area (Å²) < 4.78 is 0. The van der Waals surface area contributed by atoms with E-state index in [-0.39, 0.29) is 12.6 Å². The average Bonchev–Trinajstić information content (AvgIpc) is 2.48. The number of rotatable bonds is 6. The van der Waals surface area contributed by atoms with Gasteiger partial charge >= 0.3 is 0 Å². The summed E-state index contributed by atoms with van der Waals surface area (Å²) in [6, 6.07) is 11.2.